The van der Waals surface area contributed by atoms with Gasteiger partial charge in [0, 0.05) is 26.2 Å². The molecule has 2 heteroatoms. The predicted octanol–water partition coefficient (Wildman–Crippen LogP) is 6.54. The van der Waals surface area contributed by atoms with Crippen LogP contribution in [0.3, 0.4) is 0 Å². The van der Waals surface area contributed by atoms with Crippen molar-refractivity contribution < 1.29 is 0 Å². The topological polar surface area (TPSA) is 6.48 Å². The molecule has 0 unspecified atom stereocenters. The monoisotopic (exact) mass is 398 g/mol. The highest BCUT2D eigenvalue weighted by Gasteiger charge is 2.18. The van der Waals surface area contributed by atoms with Crippen LogP contribution in [-0.2, 0) is 12.8 Å². The molecule has 3 aromatic rings. The zero-order valence-electron chi connectivity index (χ0n) is 18.9. The summed E-state index contributed by atoms with van der Waals surface area (Å²) < 4.78 is 0. The molecule has 0 spiro atoms. The van der Waals surface area contributed by atoms with Crippen LogP contribution in [-0.4, -0.2) is 26.2 Å². The van der Waals surface area contributed by atoms with Crippen LogP contribution in [0.2, 0.25) is 0 Å². The molecule has 0 N–H and O–H groups in total. The van der Waals surface area contributed by atoms with Crippen LogP contribution >= 0.6 is 0 Å². The van der Waals surface area contributed by atoms with E-state index in [0.29, 0.717) is 0 Å². The molecule has 2 nitrogen and oxygen atoms in total. The summed E-state index contributed by atoms with van der Waals surface area (Å²) in [4.78, 5) is 4.94. The first-order valence-electron chi connectivity index (χ1n) is 11.5. The minimum absolute atomic E-state index is 0.974. The van der Waals surface area contributed by atoms with Crippen LogP contribution in [0.4, 0.5) is 11.4 Å². The number of hydrogen-bond donors (Lipinski definition) is 0. The van der Waals surface area contributed by atoms with Gasteiger partial charge in [-0.1, -0.05) is 48.5 Å². The molecule has 0 bridgehead atoms. The predicted molar refractivity (Wildman–Crippen MR) is 131 cm³/mol. The molecule has 0 heterocycles. The maximum atomic E-state index is 2.48. The summed E-state index contributed by atoms with van der Waals surface area (Å²) in [6.07, 6.45) is 2.04. The highest BCUT2D eigenvalue weighted by molar-refractivity contribution is 5.77. The Hall–Kier alpha value is -2.74. The lowest BCUT2D eigenvalue weighted by molar-refractivity contribution is 0.831. The van der Waals surface area contributed by atoms with Gasteiger partial charge in [-0.3, -0.25) is 0 Å². The van der Waals surface area contributed by atoms with Crippen LogP contribution in [0.15, 0.2) is 60.7 Å². The standard InChI is InChI=1S/C28H34N2/c1-5-29(6-2)27-16-14-22(19-28(27)30(7-3)8-4)17-21-13-15-24-20-23-11-9-10-12-25(23)26(24)18-21/h9-16,18-19H,5-8,17,20H2,1-4H3. The van der Waals surface area contributed by atoms with Crippen molar-refractivity contribution >= 4 is 11.4 Å². The van der Waals surface area contributed by atoms with Gasteiger partial charge in [-0.25, -0.2) is 0 Å². The van der Waals surface area contributed by atoms with E-state index in [1.165, 1.54) is 44.8 Å². The molecule has 0 amide bonds. The third kappa shape index (κ3) is 3.84. The molecule has 156 valence electrons. The number of nitrogens with zero attached hydrogens (tertiary/aromatic N) is 2. The molecule has 0 aromatic heterocycles. The highest BCUT2D eigenvalue weighted by Crippen LogP contribution is 2.37. The number of rotatable bonds is 8. The summed E-state index contributed by atoms with van der Waals surface area (Å²) in [7, 11) is 0. The summed E-state index contributed by atoms with van der Waals surface area (Å²) in [6, 6.07) is 23.0. The molecule has 3 aromatic carbocycles. The average Bonchev–Trinajstić information content (AvgIpc) is 3.15. The second kappa shape index (κ2) is 8.95. The Labute approximate surface area is 182 Å². The normalized spacial score (nSPS) is 11.9. The van der Waals surface area contributed by atoms with E-state index in [-0.39, 0.29) is 0 Å². The Kier molecular flexibility index (Phi) is 6.13. The molecule has 0 fully saturated rings. The van der Waals surface area contributed by atoms with Crippen LogP contribution in [0.5, 0.6) is 0 Å². The molecule has 30 heavy (non-hydrogen) atoms. The summed E-state index contributed by atoms with van der Waals surface area (Å²) in [5.74, 6) is 0. The molecule has 0 saturated heterocycles. The molecule has 4 rings (SSSR count). The molecule has 0 atom stereocenters. The summed E-state index contributed by atoms with van der Waals surface area (Å²) >= 11 is 0. The van der Waals surface area contributed by atoms with Crippen LogP contribution in [0.1, 0.15) is 49.9 Å². The highest BCUT2D eigenvalue weighted by atomic mass is 15.2. The summed E-state index contributed by atoms with van der Waals surface area (Å²) in [6.45, 7) is 13.1. The largest absolute Gasteiger partial charge is 0.370 e. The van der Waals surface area contributed by atoms with Gasteiger partial charge in [0.25, 0.3) is 0 Å². The van der Waals surface area contributed by atoms with Crippen molar-refractivity contribution in [1.29, 1.82) is 0 Å². The molecule has 1 aliphatic rings. The maximum absolute atomic E-state index is 2.48. The first-order chi connectivity index (χ1) is 14.7. The Morgan fingerprint density at radius 3 is 1.93 bits per heavy atom. The van der Waals surface area contributed by atoms with Gasteiger partial charge in [0.2, 0.25) is 0 Å². The van der Waals surface area contributed by atoms with Crippen molar-refractivity contribution in [3.63, 3.8) is 0 Å². The van der Waals surface area contributed by atoms with Gasteiger partial charge in [0.1, 0.15) is 0 Å². The van der Waals surface area contributed by atoms with Gasteiger partial charge in [-0.05, 0) is 86.1 Å². The molecular weight excluding hydrogens is 364 g/mol. The minimum Gasteiger partial charge on any atom is -0.370 e. The van der Waals surface area contributed by atoms with Crippen molar-refractivity contribution in [3.8, 4) is 11.1 Å². The van der Waals surface area contributed by atoms with E-state index in [2.05, 4.69) is 98.2 Å². The second-order valence-electron chi connectivity index (χ2n) is 8.17. The SMILES string of the molecule is CCN(CC)c1ccc(Cc2ccc3c(c2)-c2ccccc2C3)cc1N(CC)CC. The first-order valence-corrected chi connectivity index (χ1v) is 11.5. The molecule has 0 aliphatic heterocycles. The van der Waals surface area contributed by atoms with E-state index in [1.807, 2.05) is 0 Å². The Bertz CT molecular complexity index is 1010. The van der Waals surface area contributed by atoms with Crippen LogP contribution < -0.4 is 9.80 Å². The van der Waals surface area contributed by atoms with Crippen LogP contribution in [0, 0.1) is 0 Å². The van der Waals surface area contributed by atoms with Gasteiger partial charge >= 0.3 is 0 Å². The Morgan fingerprint density at radius 1 is 0.600 bits per heavy atom. The van der Waals surface area contributed by atoms with E-state index in [0.717, 1.165) is 39.0 Å². The van der Waals surface area contributed by atoms with Gasteiger partial charge in [-0.2, -0.15) is 0 Å². The minimum atomic E-state index is 0.974. The zero-order chi connectivity index (χ0) is 21.1. The van der Waals surface area contributed by atoms with Gasteiger partial charge in [0.05, 0.1) is 11.4 Å². The van der Waals surface area contributed by atoms with E-state index in [1.54, 1.807) is 0 Å². The van der Waals surface area contributed by atoms with E-state index >= 15 is 0 Å². The van der Waals surface area contributed by atoms with Gasteiger partial charge in [0.15, 0.2) is 0 Å². The van der Waals surface area contributed by atoms with Crippen molar-refractivity contribution in [2.75, 3.05) is 36.0 Å². The number of benzene rings is 3. The van der Waals surface area contributed by atoms with Crippen LogP contribution in [0.25, 0.3) is 11.1 Å². The second-order valence-corrected chi connectivity index (χ2v) is 8.17. The van der Waals surface area contributed by atoms with E-state index < -0.39 is 0 Å². The van der Waals surface area contributed by atoms with Gasteiger partial charge in [-0.15, -0.1) is 0 Å². The Balaban J connectivity index is 1.67. The molecule has 1 aliphatic carbocycles. The third-order valence-corrected chi connectivity index (χ3v) is 6.52. The fourth-order valence-electron chi connectivity index (χ4n) is 4.84. The summed E-state index contributed by atoms with van der Waals surface area (Å²) in [5.41, 5.74) is 11.3. The van der Waals surface area contributed by atoms with E-state index in [4.69, 9.17) is 0 Å². The van der Waals surface area contributed by atoms with Crippen molar-refractivity contribution in [2.24, 2.45) is 0 Å². The maximum Gasteiger partial charge on any atom is 0.0606 e. The molecule has 0 radical (unpaired) electrons. The quantitative estimate of drug-likeness (QED) is 0.332. The smallest absolute Gasteiger partial charge is 0.0606 e. The molecular formula is C28H34N2. The Morgan fingerprint density at radius 2 is 1.20 bits per heavy atom. The lowest BCUT2D eigenvalue weighted by Gasteiger charge is -2.30. The van der Waals surface area contributed by atoms with Gasteiger partial charge < -0.3 is 9.80 Å². The molecule has 0 saturated carbocycles. The number of hydrogen-bond acceptors (Lipinski definition) is 2. The third-order valence-electron chi connectivity index (χ3n) is 6.52. The average molecular weight is 399 g/mol. The van der Waals surface area contributed by atoms with Crippen molar-refractivity contribution in [1.82, 2.24) is 0 Å². The fourth-order valence-corrected chi connectivity index (χ4v) is 4.84. The first kappa shape index (κ1) is 20.5. The summed E-state index contributed by atoms with van der Waals surface area (Å²) in [5, 5.41) is 0. The van der Waals surface area contributed by atoms with Crippen molar-refractivity contribution in [2.45, 2.75) is 40.5 Å². The van der Waals surface area contributed by atoms with E-state index in [9.17, 15) is 0 Å². The lowest BCUT2D eigenvalue weighted by atomic mass is 9.98. The lowest BCUT2D eigenvalue weighted by Crippen LogP contribution is -2.28. The number of fused-ring (bicyclic) bond motifs is 3. The van der Waals surface area contributed by atoms with Crippen molar-refractivity contribution in [3.05, 3.63) is 82.9 Å². The fraction of sp³-hybridized carbons (Fsp3) is 0.357. The zero-order valence-corrected chi connectivity index (χ0v) is 18.9. The number of anilines is 2.